The topological polar surface area (TPSA) is 93.4 Å². The average Bonchev–Trinajstić information content (AvgIpc) is 3.52. The van der Waals surface area contributed by atoms with Gasteiger partial charge < -0.3 is 10.3 Å². The molecule has 4 heterocycles. The Kier molecular flexibility index (Phi) is 4.90. The first-order chi connectivity index (χ1) is 15.9. The second-order valence-corrected chi connectivity index (χ2v) is 8.02. The first-order valence-corrected chi connectivity index (χ1v) is 10.5. The number of nitrogens with one attached hydrogen (secondary N) is 2. The molecule has 164 valence electrons. The van der Waals surface area contributed by atoms with E-state index in [2.05, 4.69) is 39.2 Å². The zero-order valence-corrected chi connectivity index (χ0v) is 18.6. The molecule has 0 fully saturated rings. The van der Waals surface area contributed by atoms with Crippen molar-refractivity contribution in [2.45, 2.75) is 6.92 Å². The third kappa shape index (κ3) is 3.71. The van der Waals surface area contributed by atoms with Gasteiger partial charge in [0.15, 0.2) is 0 Å². The molecule has 0 unspecified atom stereocenters. The van der Waals surface area contributed by atoms with Crippen LogP contribution >= 0.6 is 0 Å². The molecule has 0 aliphatic heterocycles. The number of aromatic nitrogens is 6. The van der Waals surface area contributed by atoms with E-state index in [0.29, 0.717) is 0 Å². The number of fused-ring (bicyclic) bond motifs is 1. The average molecular weight is 438 g/mol. The maximum atomic E-state index is 12.0. The fourth-order valence-electron chi connectivity index (χ4n) is 3.96. The third-order valence-corrected chi connectivity index (χ3v) is 5.65. The SMILES string of the molecule is C=CC(=O)Nc1cc(-c2c(-c3cnn(C)c3)[nH]c3ncc(-c4cnn(C)c4)cc23)ccc1C. The number of aromatic amines is 1. The highest BCUT2D eigenvalue weighted by atomic mass is 16.1. The second kappa shape index (κ2) is 7.90. The summed E-state index contributed by atoms with van der Waals surface area (Å²) >= 11 is 0. The van der Waals surface area contributed by atoms with Gasteiger partial charge in [0.2, 0.25) is 5.91 Å². The van der Waals surface area contributed by atoms with Gasteiger partial charge >= 0.3 is 0 Å². The van der Waals surface area contributed by atoms with Crippen LogP contribution in [0.25, 0.3) is 44.5 Å². The molecule has 0 radical (unpaired) electrons. The van der Waals surface area contributed by atoms with Gasteiger partial charge in [-0.1, -0.05) is 18.7 Å². The Balaban J connectivity index is 1.75. The molecule has 8 heteroatoms. The number of anilines is 1. The van der Waals surface area contributed by atoms with Crippen LogP contribution in [0.5, 0.6) is 0 Å². The summed E-state index contributed by atoms with van der Waals surface area (Å²) in [6, 6.07) is 8.15. The van der Waals surface area contributed by atoms with Crippen LogP contribution in [-0.2, 0) is 18.9 Å². The van der Waals surface area contributed by atoms with Gasteiger partial charge in [0.1, 0.15) is 5.65 Å². The first kappa shape index (κ1) is 20.4. The predicted octanol–water partition coefficient (Wildman–Crippen LogP) is 4.46. The minimum atomic E-state index is -0.248. The van der Waals surface area contributed by atoms with Crippen LogP contribution in [0.4, 0.5) is 5.69 Å². The number of aryl methyl sites for hydroxylation is 3. The lowest BCUT2D eigenvalue weighted by Gasteiger charge is -2.11. The molecule has 33 heavy (non-hydrogen) atoms. The summed E-state index contributed by atoms with van der Waals surface area (Å²) in [5, 5.41) is 12.5. The number of rotatable bonds is 5. The van der Waals surface area contributed by atoms with Gasteiger partial charge in [-0.3, -0.25) is 14.2 Å². The van der Waals surface area contributed by atoms with Gasteiger partial charge in [-0.05, 0) is 36.3 Å². The Hall–Kier alpha value is -4.46. The number of benzene rings is 1. The summed E-state index contributed by atoms with van der Waals surface area (Å²) in [5.41, 5.74) is 8.25. The normalized spacial score (nSPS) is 11.1. The summed E-state index contributed by atoms with van der Waals surface area (Å²) in [5.74, 6) is -0.248. The molecule has 0 aliphatic rings. The number of nitrogens with zero attached hydrogens (tertiary/aromatic N) is 5. The highest BCUT2D eigenvalue weighted by Crippen LogP contribution is 2.40. The van der Waals surface area contributed by atoms with Crippen molar-refractivity contribution in [3.63, 3.8) is 0 Å². The molecule has 0 saturated heterocycles. The van der Waals surface area contributed by atoms with Crippen LogP contribution in [-0.4, -0.2) is 35.4 Å². The first-order valence-electron chi connectivity index (χ1n) is 10.5. The molecule has 0 aliphatic carbocycles. The fourth-order valence-corrected chi connectivity index (χ4v) is 3.96. The summed E-state index contributed by atoms with van der Waals surface area (Å²) in [4.78, 5) is 20.2. The van der Waals surface area contributed by atoms with Crippen molar-refractivity contribution in [2.75, 3.05) is 5.32 Å². The number of pyridine rings is 1. The van der Waals surface area contributed by atoms with Crippen molar-refractivity contribution >= 4 is 22.6 Å². The van der Waals surface area contributed by atoms with Gasteiger partial charge in [0, 0.05) is 66.0 Å². The Morgan fingerprint density at radius 3 is 2.39 bits per heavy atom. The number of amides is 1. The molecular formula is C25H23N7O. The third-order valence-electron chi connectivity index (χ3n) is 5.65. The molecule has 1 aromatic carbocycles. The smallest absolute Gasteiger partial charge is 0.247 e. The van der Waals surface area contributed by atoms with E-state index in [-0.39, 0.29) is 5.91 Å². The fraction of sp³-hybridized carbons (Fsp3) is 0.120. The number of hydrogen-bond donors (Lipinski definition) is 2. The standard InChI is InChI=1S/C25H23N7O/c1-5-22(33)29-21-9-16(7-6-15(21)2)23-20-8-17(18-11-27-31(3)13-18)10-26-25(20)30-24(23)19-12-28-32(4)14-19/h5-14H,1H2,2-4H3,(H,26,30)(H,29,33). The molecule has 8 nitrogen and oxygen atoms in total. The number of H-pyrrole nitrogens is 1. The number of carbonyl (C=O) groups is 1. The van der Waals surface area contributed by atoms with Crippen LogP contribution in [0.1, 0.15) is 5.56 Å². The minimum Gasteiger partial charge on any atom is -0.339 e. The van der Waals surface area contributed by atoms with Crippen LogP contribution in [0.2, 0.25) is 0 Å². The van der Waals surface area contributed by atoms with Crippen molar-refractivity contribution in [2.24, 2.45) is 14.1 Å². The van der Waals surface area contributed by atoms with E-state index < -0.39 is 0 Å². The van der Waals surface area contributed by atoms with Gasteiger partial charge in [-0.25, -0.2) is 4.98 Å². The minimum absolute atomic E-state index is 0.248. The molecule has 0 saturated carbocycles. The monoisotopic (exact) mass is 437 g/mol. The molecule has 5 aromatic rings. The Bertz CT molecular complexity index is 1520. The van der Waals surface area contributed by atoms with Crippen LogP contribution in [0, 0.1) is 6.92 Å². The van der Waals surface area contributed by atoms with Crippen LogP contribution < -0.4 is 5.32 Å². The van der Waals surface area contributed by atoms with Crippen LogP contribution in [0.15, 0.2) is 67.9 Å². The van der Waals surface area contributed by atoms with Crippen LogP contribution in [0.3, 0.4) is 0 Å². The summed E-state index contributed by atoms with van der Waals surface area (Å²) in [6.07, 6.45) is 10.7. The zero-order valence-electron chi connectivity index (χ0n) is 18.6. The lowest BCUT2D eigenvalue weighted by molar-refractivity contribution is -0.111. The lowest BCUT2D eigenvalue weighted by Crippen LogP contribution is -2.08. The van der Waals surface area contributed by atoms with Crippen molar-refractivity contribution < 1.29 is 4.79 Å². The van der Waals surface area contributed by atoms with E-state index in [1.165, 1.54) is 6.08 Å². The molecule has 0 spiro atoms. The molecule has 4 aromatic heterocycles. The predicted molar refractivity (Wildman–Crippen MR) is 129 cm³/mol. The maximum Gasteiger partial charge on any atom is 0.247 e. The Morgan fingerprint density at radius 1 is 1.00 bits per heavy atom. The molecule has 0 bridgehead atoms. The van der Waals surface area contributed by atoms with E-state index >= 15 is 0 Å². The number of carbonyl (C=O) groups excluding carboxylic acids is 1. The summed E-state index contributed by atoms with van der Waals surface area (Å²) in [7, 11) is 3.78. The summed E-state index contributed by atoms with van der Waals surface area (Å²) < 4.78 is 3.54. The van der Waals surface area contributed by atoms with Crippen molar-refractivity contribution in [3.05, 3.63) is 73.5 Å². The quantitative estimate of drug-likeness (QED) is 0.397. The van der Waals surface area contributed by atoms with E-state index in [1.54, 1.807) is 9.36 Å². The molecule has 2 N–H and O–H groups in total. The lowest BCUT2D eigenvalue weighted by atomic mass is 9.97. The highest BCUT2D eigenvalue weighted by molar-refractivity contribution is 6.05. The van der Waals surface area contributed by atoms with Gasteiger partial charge in [-0.15, -0.1) is 0 Å². The Labute approximate surface area is 190 Å². The largest absolute Gasteiger partial charge is 0.339 e. The van der Waals surface area contributed by atoms with E-state index in [1.807, 2.05) is 64.1 Å². The Morgan fingerprint density at radius 2 is 1.73 bits per heavy atom. The highest BCUT2D eigenvalue weighted by Gasteiger charge is 2.19. The van der Waals surface area contributed by atoms with Crippen molar-refractivity contribution in [3.8, 4) is 33.5 Å². The zero-order chi connectivity index (χ0) is 23.1. The van der Waals surface area contributed by atoms with Gasteiger partial charge in [-0.2, -0.15) is 10.2 Å². The van der Waals surface area contributed by atoms with E-state index in [0.717, 1.165) is 55.8 Å². The van der Waals surface area contributed by atoms with Gasteiger partial charge in [0.25, 0.3) is 0 Å². The molecule has 1 amide bonds. The van der Waals surface area contributed by atoms with Gasteiger partial charge in [0.05, 0.1) is 18.1 Å². The molecule has 5 rings (SSSR count). The number of hydrogen-bond acceptors (Lipinski definition) is 4. The molecular weight excluding hydrogens is 414 g/mol. The van der Waals surface area contributed by atoms with E-state index in [9.17, 15) is 4.79 Å². The van der Waals surface area contributed by atoms with Crippen molar-refractivity contribution in [1.82, 2.24) is 29.5 Å². The van der Waals surface area contributed by atoms with E-state index in [4.69, 9.17) is 4.98 Å². The summed E-state index contributed by atoms with van der Waals surface area (Å²) in [6.45, 7) is 5.51. The maximum absolute atomic E-state index is 12.0. The van der Waals surface area contributed by atoms with Crippen molar-refractivity contribution in [1.29, 1.82) is 0 Å². The second-order valence-electron chi connectivity index (χ2n) is 8.02. The molecule has 0 atom stereocenters.